The van der Waals surface area contributed by atoms with E-state index >= 15 is 0 Å². The summed E-state index contributed by atoms with van der Waals surface area (Å²) < 4.78 is 10.2. The van der Waals surface area contributed by atoms with E-state index in [1.54, 1.807) is 0 Å². The van der Waals surface area contributed by atoms with Gasteiger partial charge in [0.2, 0.25) is 0 Å². The van der Waals surface area contributed by atoms with Crippen LogP contribution in [0.2, 0.25) is 0 Å². The first-order chi connectivity index (χ1) is 8.79. The Morgan fingerprint density at radius 2 is 2.22 bits per heavy atom. The monoisotopic (exact) mass is 249 g/mol. The van der Waals surface area contributed by atoms with E-state index in [2.05, 4.69) is 17.0 Å². The number of rotatable bonds is 4. The Hall–Kier alpha value is -1.39. The first-order valence-electron chi connectivity index (χ1n) is 6.22. The number of benzene rings is 1. The molecule has 4 nitrogen and oxygen atoms in total. The lowest BCUT2D eigenvalue weighted by Crippen LogP contribution is -2.46. The quantitative estimate of drug-likeness (QED) is 0.757. The van der Waals surface area contributed by atoms with Gasteiger partial charge in [0, 0.05) is 19.1 Å². The molecule has 0 spiro atoms. The second-order valence-corrected chi connectivity index (χ2v) is 4.47. The summed E-state index contributed by atoms with van der Waals surface area (Å²) in [5, 5.41) is 0. The standard InChI is InChI=1S/C14H19NO3/c1-17-14(16)9-13-11-18-8-7-15(13)10-12-5-3-2-4-6-12/h2-6,13H,7-11H2,1H3/t13-/m1/s1. The number of carbonyl (C=O) groups is 1. The fourth-order valence-electron chi connectivity index (χ4n) is 2.18. The van der Waals surface area contributed by atoms with E-state index in [0.29, 0.717) is 13.0 Å². The molecule has 98 valence electrons. The van der Waals surface area contributed by atoms with Crippen molar-refractivity contribution in [1.82, 2.24) is 4.90 Å². The zero-order chi connectivity index (χ0) is 12.8. The predicted octanol–water partition coefficient (Wildman–Crippen LogP) is 1.45. The number of hydrogen-bond acceptors (Lipinski definition) is 4. The van der Waals surface area contributed by atoms with Crippen LogP contribution in [-0.2, 0) is 20.8 Å². The van der Waals surface area contributed by atoms with Gasteiger partial charge in [-0.1, -0.05) is 30.3 Å². The highest BCUT2D eigenvalue weighted by Crippen LogP contribution is 2.15. The molecule has 2 rings (SSSR count). The number of esters is 1. The average Bonchev–Trinajstić information content (AvgIpc) is 2.42. The number of methoxy groups -OCH3 is 1. The number of carbonyl (C=O) groups excluding carboxylic acids is 1. The van der Waals surface area contributed by atoms with E-state index in [0.717, 1.165) is 19.7 Å². The molecule has 0 amide bonds. The van der Waals surface area contributed by atoms with Gasteiger partial charge in [-0.15, -0.1) is 0 Å². The molecule has 0 N–H and O–H groups in total. The lowest BCUT2D eigenvalue weighted by atomic mass is 10.1. The zero-order valence-corrected chi connectivity index (χ0v) is 10.7. The van der Waals surface area contributed by atoms with Crippen LogP contribution in [0.3, 0.4) is 0 Å². The van der Waals surface area contributed by atoms with Crippen LogP contribution in [0, 0.1) is 0 Å². The van der Waals surface area contributed by atoms with Gasteiger partial charge in [-0.3, -0.25) is 9.69 Å². The second kappa shape index (κ2) is 6.52. The first-order valence-corrected chi connectivity index (χ1v) is 6.22. The maximum atomic E-state index is 11.4. The third-order valence-corrected chi connectivity index (χ3v) is 3.21. The highest BCUT2D eigenvalue weighted by molar-refractivity contribution is 5.69. The maximum absolute atomic E-state index is 11.4. The fourth-order valence-corrected chi connectivity index (χ4v) is 2.18. The topological polar surface area (TPSA) is 38.8 Å². The van der Waals surface area contributed by atoms with E-state index in [9.17, 15) is 4.79 Å². The molecule has 0 unspecified atom stereocenters. The third-order valence-electron chi connectivity index (χ3n) is 3.21. The second-order valence-electron chi connectivity index (χ2n) is 4.47. The van der Waals surface area contributed by atoms with Crippen molar-refractivity contribution in [2.24, 2.45) is 0 Å². The minimum Gasteiger partial charge on any atom is -0.469 e. The van der Waals surface area contributed by atoms with Crippen LogP contribution >= 0.6 is 0 Å². The molecule has 0 saturated carbocycles. The highest BCUT2D eigenvalue weighted by Gasteiger charge is 2.25. The number of ether oxygens (including phenoxy) is 2. The number of morpholine rings is 1. The van der Waals surface area contributed by atoms with Crippen LogP contribution in [0.25, 0.3) is 0 Å². The van der Waals surface area contributed by atoms with Crippen molar-refractivity contribution in [3.05, 3.63) is 35.9 Å². The minimum atomic E-state index is -0.177. The third kappa shape index (κ3) is 3.55. The van der Waals surface area contributed by atoms with Crippen molar-refractivity contribution < 1.29 is 14.3 Å². The molecule has 1 atom stereocenters. The van der Waals surface area contributed by atoms with Crippen molar-refractivity contribution in [2.75, 3.05) is 26.9 Å². The average molecular weight is 249 g/mol. The molecule has 0 bridgehead atoms. The largest absolute Gasteiger partial charge is 0.469 e. The summed E-state index contributed by atoms with van der Waals surface area (Å²) in [7, 11) is 1.42. The molecule has 1 fully saturated rings. The van der Waals surface area contributed by atoms with Crippen molar-refractivity contribution in [1.29, 1.82) is 0 Å². The van der Waals surface area contributed by atoms with Crippen LogP contribution in [0.5, 0.6) is 0 Å². The lowest BCUT2D eigenvalue weighted by Gasteiger charge is -2.35. The minimum absolute atomic E-state index is 0.117. The molecule has 1 saturated heterocycles. The van der Waals surface area contributed by atoms with E-state index in [1.165, 1.54) is 12.7 Å². The van der Waals surface area contributed by atoms with E-state index in [1.807, 2.05) is 18.2 Å². The Labute approximate surface area is 107 Å². The van der Waals surface area contributed by atoms with Gasteiger partial charge >= 0.3 is 5.97 Å². The maximum Gasteiger partial charge on any atom is 0.307 e. The van der Waals surface area contributed by atoms with Crippen molar-refractivity contribution >= 4 is 5.97 Å². The van der Waals surface area contributed by atoms with Gasteiger partial charge in [-0.2, -0.15) is 0 Å². The highest BCUT2D eigenvalue weighted by atomic mass is 16.5. The van der Waals surface area contributed by atoms with Gasteiger partial charge in [0.1, 0.15) is 0 Å². The van der Waals surface area contributed by atoms with Crippen LogP contribution in [0.1, 0.15) is 12.0 Å². The number of nitrogens with zero attached hydrogens (tertiary/aromatic N) is 1. The van der Waals surface area contributed by atoms with Crippen LogP contribution in [-0.4, -0.2) is 43.8 Å². The molecule has 4 heteroatoms. The first kappa shape index (κ1) is 13.1. The molecule has 1 aromatic rings. The number of hydrogen-bond donors (Lipinski definition) is 0. The van der Waals surface area contributed by atoms with Crippen LogP contribution in [0.4, 0.5) is 0 Å². The van der Waals surface area contributed by atoms with Crippen LogP contribution < -0.4 is 0 Å². The summed E-state index contributed by atoms with van der Waals surface area (Å²) in [5.41, 5.74) is 1.26. The normalized spacial score (nSPS) is 20.6. The molecule has 0 radical (unpaired) electrons. The van der Waals surface area contributed by atoms with Gasteiger partial charge < -0.3 is 9.47 Å². The molecule has 1 aliphatic rings. The molecule has 1 aliphatic heterocycles. The van der Waals surface area contributed by atoms with Crippen molar-refractivity contribution in [3.8, 4) is 0 Å². The Kier molecular flexibility index (Phi) is 4.73. The smallest absolute Gasteiger partial charge is 0.307 e. The molecule has 0 aliphatic carbocycles. The SMILES string of the molecule is COC(=O)C[C@@H]1COCCN1Cc1ccccc1. The molecule has 1 heterocycles. The Morgan fingerprint density at radius 3 is 2.94 bits per heavy atom. The van der Waals surface area contributed by atoms with Gasteiger partial charge in [0.15, 0.2) is 0 Å². The summed E-state index contributed by atoms with van der Waals surface area (Å²) in [6, 6.07) is 10.4. The zero-order valence-electron chi connectivity index (χ0n) is 10.7. The molecular formula is C14H19NO3. The summed E-state index contributed by atoms with van der Waals surface area (Å²) >= 11 is 0. The van der Waals surface area contributed by atoms with Gasteiger partial charge in [0.25, 0.3) is 0 Å². The Balaban J connectivity index is 1.97. The fraction of sp³-hybridized carbons (Fsp3) is 0.500. The van der Waals surface area contributed by atoms with Gasteiger partial charge in [-0.05, 0) is 5.56 Å². The van der Waals surface area contributed by atoms with E-state index in [4.69, 9.17) is 9.47 Å². The summed E-state index contributed by atoms with van der Waals surface area (Å²) in [4.78, 5) is 13.7. The summed E-state index contributed by atoms with van der Waals surface area (Å²) in [6.45, 7) is 3.04. The van der Waals surface area contributed by atoms with E-state index in [-0.39, 0.29) is 12.0 Å². The Bertz CT molecular complexity index is 380. The van der Waals surface area contributed by atoms with E-state index < -0.39 is 0 Å². The molecule has 1 aromatic carbocycles. The lowest BCUT2D eigenvalue weighted by molar-refractivity contribution is -0.144. The summed E-state index contributed by atoms with van der Waals surface area (Å²) in [6.07, 6.45) is 0.392. The summed E-state index contributed by atoms with van der Waals surface area (Å²) in [5.74, 6) is -0.177. The van der Waals surface area contributed by atoms with Crippen molar-refractivity contribution in [3.63, 3.8) is 0 Å². The molecule has 0 aromatic heterocycles. The van der Waals surface area contributed by atoms with Gasteiger partial charge in [0.05, 0.1) is 26.7 Å². The van der Waals surface area contributed by atoms with Crippen LogP contribution in [0.15, 0.2) is 30.3 Å². The van der Waals surface area contributed by atoms with Gasteiger partial charge in [-0.25, -0.2) is 0 Å². The predicted molar refractivity (Wildman–Crippen MR) is 68.1 cm³/mol. The molecular weight excluding hydrogens is 230 g/mol. The molecule has 18 heavy (non-hydrogen) atoms. The van der Waals surface area contributed by atoms with Crippen molar-refractivity contribution in [2.45, 2.75) is 19.0 Å². The Morgan fingerprint density at radius 1 is 1.44 bits per heavy atom.